The molecule has 4 nitrogen and oxygen atoms in total. The van der Waals surface area contributed by atoms with Gasteiger partial charge in [-0.25, -0.2) is 0 Å². The maximum atomic E-state index is 9.30. The van der Waals surface area contributed by atoms with Crippen LogP contribution in [0.25, 0.3) is 0 Å². The molecular formula is C6H15N2O2P. The van der Waals surface area contributed by atoms with E-state index < -0.39 is 8.02 Å². The average molecular weight is 178 g/mol. The Morgan fingerprint density at radius 1 is 1.00 bits per heavy atom. The van der Waals surface area contributed by atoms with E-state index in [0.29, 0.717) is 12.1 Å². The molecule has 5 heteroatoms. The van der Waals surface area contributed by atoms with Crippen LogP contribution in [0.2, 0.25) is 0 Å². The van der Waals surface area contributed by atoms with E-state index in [1.165, 1.54) is 12.8 Å². The summed E-state index contributed by atoms with van der Waals surface area (Å²) in [6, 6.07) is 0.621. The summed E-state index contributed by atoms with van der Waals surface area (Å²) in [5.74, 6) is 0. The van der Waals surface area contributed by atoms with Crippen LogP contribution in [-0.2, 0) is 0 Å². The third kappa shape index (κ3) is 1.55. The summed E-state index contributed by atoms with van der Waals surface area (Å²) >= 11 is 0. The van der Waals surface area contributed by atoms with Crippen LogP contribution in [0.3, 0.4) is 0 Å². The Hall–Kier alpha value is 0.270. The fourth-order valence-corrected chi connectivity index (χ4v) is 3.84. The molecule has 2 fully saturated rings. The SMILES string of the molecule is O[PH]1(O)NC2CCCCC2N1. The molecule has 2 atom stereocenters. The van der Waals surface area contributed by atoms with Gasteiger partial charge < -0.3 is 0 Å². The van der Waals surface area contributed by atoms with Crippen molar-refractivity contribution in [3.8, 4) is 0 Å². The molecule has 4 N–H and O–H groups in total. The molecule has 1 aliphatic carbocycles. The van der Waals surface area contributed by atoms with Crippen molar-refractivity contribution in [1.82, 2.24) is 10.2 Å². The molecule has 2 unspecified atom stereocenters. The van der Waals surface area contributed by atoms with Gasteiger partial charge in [-0.3, -0.25) is 0 Å². The van der Waals surface area contributed by atoms with Crippen molar-refractivity contribution in [1.29, 1.82) is 0 Å². The Kier molecular flexibility index (Phi) is 1.90. The zero-order chi connectivity index (χ0) is 7.90. The van der Waals surface area contributed by atoms with E-state index in [4.69, 9.17) is 0 Å². The molecule has 2 aliphatic rings. The van der Waals surface area contributed by atoms with Crippen molar-refractivity contribution in [2.75, 3.05) is 0 Å². The second kappa shape index (κ2) is 2.64. The van der Waals surface area contributed by atoms with Crippen LogP contribution < -0.4 is 10.2 Å². The summed E-state index contributed by atoms with van der Waals surface area (Å²) in [7, 11) is -3.17. The van der Waals surface area contributed by atoms with Gasteiger partial charge in [-0.2, -0.15) is 0 Å². The molecule has 1 aliphatic heterocycles. The summed E-state index contributed by atoms with van der Waals surface area (Å²) in [6.45, 7) is 0. The standard InChI is InChI=1S/C6H15N2O2P/c9-11(10)7-5-3-1-2-4-6(5)8-11/h5-11H,1-4H2. The summed E-state index contributed by atoms with van der Waals surface area (Å²) in [6.07, 6.45) is 4.57. The van der Waals surface area contributed by atoms with Crippen molar-refractivity contribution >= 4 is 8.02 Å². The zero-order valence-electron chi connectivity index (χ0n) is 6.38. The van der Waals surface area contributed by atoms with Crippen LogP contribution in [0.1, 0.15) is 25.7 Å². The Morgan fingerprint density at radius 3 is 1.91 bits per heavy atom. The molecule has 0 amide bonds. The molecule has 11 heavy (non-hydrogen) atoms. The molecule has 0 radical (unpaired) electrons. The van der Waals surface area contributed by atoms with Crippen molar-refractivity contribution in [3.05, 3.63) is 0 Å². The normalized spacial score (nSPS) is 44.9. The molecule has 0 aromatic heterocycles. The van der Waals surface area contributed by atoms with E-state index in [9.17, 15) is 9.79 Å². The zero-order valence-corrected chi connectivity index (χ0v) is 7.38. The second-order valence-electron chi connectivity index (χ2n) is 3.46. The topological polar surface area (TPSA) is 64.5 Å². The van der Waals surface area contributed by atoms with E-state index in [0.717, 1.165) is 12.8 Å². The van der Waals surface area contributed by atoms with Gasteiger partial charge in [0.1, 0.15) is 0 Å². The minimum absolute atomic E-state index is 0.311. The fraction of sp³-hybridized carbons (Fsp3) is 1.00. The van der Waals surface area contributed by atoms with E-state index in [-0.39, 0.29) is 0 Å². The first-order valence-corrected chi connectivity index (χ1v) is 6.07. The monoisotopic (exact) mass is 178 g/mol. The van der Waals surface area contributed by atoms with Crippen LogP contribution in [-0.4, -0.2) is 21.9 Å². The van der Waals surface area contributed by atoms with Gasteiger partial charge in [0.25, 0.3) is 0 Å². The van der Waals surface area contributed by atoms with Gasteiger partial charge in [-0.15, -0.1) is 0 Å². The molecular weight excluding hydrogens is 163 g/mol. The molecule has 0 aromatic rings. The molecule has 1 saturated carbocycles. The van der Waals surface area contributed by atoms with Crippen LogP contribution in [0.5, 0.6) is 0 Å². The molecule has 1 heterocycles. The molecule has 66 valence electrons. The molecule has 2 rings (SSSR count). The van der Waals surface area contributed by atoms with E-state index in [1.807, 2.05) is 0 Å². The molecule has 0 spiro atoms. The summed E-state index contributed by atoms with van der Waals surface area (Å²) in [5.41, 5.74) is 0. The number of hydrogen-bond donors (Lipinski definition) is 4. The third-order valence-corrected chi connectivity index (χ3v) is 4.09. The Bertz CT molecular complexity index is 149. The van der Waals surface area contributed by atoms with Crippen LogP contribution in [0, 0.1) is 0 Å². The molecule has 1 saturated heterocycles. The first-order chi connectivity index (χ1) is 5.17. The second-order valence-corrected chi connectivity index (χ2v) is 5.38. The predicted molar refractivity (Wildman–Crippen MR) is 45.1 cm³/mol. The van der Waals surface area contributed by atoms with Crippen molar-refractivity contribution in [2.24, 2.45) is 0 Å². The van der Waals surface area contributed by atoms with Crippen molar-refractivity contribution in [2.45, 2.75) is 37.8 Å². The first-order valence-electron chi connectivity index (χ1n) is 4.17. The number of hydrogen-bond acceptors (Lipinski definition) is 4. The fourth-order valence-electron chi connectivity index (χ4n) is 2.04. The van der Waals surface area contributed by atoms with Gasteiger partial charge in [0.15, 0.2) is 0 Å². The van der Waals surface area contributed by atoms with Crippen LogP contribution in [0.15, 0.2) is 0 Å². The predicted octanol–water partition coefficient (Wildman–Crippen LogP) is -0.115. The number of fused-ring (bicyclic) bond motifs is 1. The van der Waals surface area contributed by atoms with E-state index >= 15 is 0 Å². The van der Waals surface area contributed by atoms with Gasteiger partial charge >= 0.3 is 65.7 Å². The quantitative estimate of drug-likeness (QED) is 0.391. The maximum absolute atomic E-state index is 9.30. The summed E-state index contributed by atoms with van der Waals surface area (Å²) in [4.78, 5) is 18.6. The van der Waals surface area contributed by atoms with Gasteiger partial charge in [-0.1, -0.05) is 0 Å². The Labute approximate surface area is 66.6 Å². The van der Waals surface area contributed by atoms with Crippen molar-refractivity contribution in [3.63, 3.8) is 0 Å². The van der Waals surface area contributed by atoms with Gasteiger partial charge in [-0.05, 0) is 0 Å². The molecule has 0 bridgehead atoms. The number of nitrogens with one attached hydrogen (secondary N) is 2. The van der Waals surface area contributed by atoms with Crippen LogP contribution in [0.4, 0.5) is 0 Å². The first kappa shape index (κ1) is 7.90. The Morgan fingerprint density at radius 2 is 1.45 bits per heavy atom. The third-order valence-electron chi connectivity index (χ3n) is 2.54. The van der Waals surface area contributed by atoms with E-state index in [1.54, 1.807) is 0 Å². The molecule has 0 aromatic carbocycles. The summed E-state index contributed by atoms with van der Waals surface area (Å²) in [5, 5.41) is 5.74. The number of rotatable bonds is 0. The summed E-state index contributed by atoms with van der Waals surface area (Å²) < 4.78 is 0. The minimum atomic E-state index is -3.17. The average Bonchev–Trinajstić information content (AvgIpc) is 2.21. The van der Waals surface area contributed by atoms with Gasteiger partial charge in [0.2, 0.25) is 0 Å². The van der Waals surface area contributed by atoms with Crippen molar-refractivity contribution < 1.29 is 9.79 Å². The van der Waals surface area contributed by atoms with E-state index in [2.05, 4.69) is 10.2 Å². The van der Waals surface area contributed by atoms with Gasteiger partial charge in [0, 0.05) is 0 Å². The Balaban J connectivity index is 2.03. The van der Waals surface area contributed by atoms with Gasteiger partial charge in [0.05, 0.1) is 0 Å². The van der Waals surface area contributed by atoms with Crippen LogP contribution >= 0.6 is 8.02 Å².